The highest BCUT2D eigenvalue weighted by molar-refractivity contribution is 7.80. The SMILES string of the molecule is CC(S)Cn1ccc2ccccc21. The number of hydrogen-bond acceptors (Lipinski definition) is 1. The van der Waals surface area contributed by atoms with Crippen LogP contribution in [-0.2, 0) is 6.54 Å². The van der Waals surface area contributed by atoms with Crippen molar-refractivity contribution in [2.24, 2.45) is 0 Å². The van der Waals surface area contributed by atoms with Gasteiger partial charge in [-0.2, -0.15) is 12.6 Å². The van der Waals surface area contributed by atoms with Gasteiger partial charge in [0.15, 0.2) is 0 Å². The normalized spacial score (nSPS) is 13.4. The van der Waals surface area contributed by atoms with Crippen molar-refractivity contribution in [2.45, 2.75) is 18.7 Å². The number of aromatic nitrogens is 1. The predicted octanol–water partition coefficient (Wildman–Crippen LogP) is 2.96. The maximum Gasteiger partial charge on any atom is 0.0480 e. The van der Waals surface area contributed by atoms with Crippen LogP contribution in [0, 0.1) is 0 Å². The Morgan fingerprint density at radius 2 is 2.08 bits per heavy atom. The average molecular weight is 191 g/mol. The van der Waals surface area contributed by atoms with Crippen molar-refractivity contribution in [3.8, 4) is 0 Å². The summed E-state index contributed by atoms with van der Waals surface area (Å²) < 4.78 is 2.24. The Kier molecular flexibility index (Phi) is 2.32. The molecule has 1 aromatic heterocycles. The van der Waals surface area contributed by atoms with E-state index in [2.05, 4.69) is 60.6 Å². The Balaban J connectivity index is 2.46. The van der Waals surface area contributed by atoms with E-state index in [0.717, 1.165) is 6.54 Å². The van der Waals surface area contributed by atoms with Crippen molar-refractivity contribution in [3.63, 3.8) is 0 Å². The third kappa shape index (κ3) is 1.73. The van der Waals surface area contributed by atoms with Gasteiger partial charge in [0, 0.05) is 23.5 Å². The molecular formula is C11H13NS. The zero-order valence-corrected chi connectivity index (χ0v) is 8.54. The molecule has 0 saturated carbocycles. The quantitative estimate of drug-likeness (QED) is 0.696. The summed E-state index contributed by atoms with van der Waals surface area (Å²) in [6.07, 6.45) is 2.12. The fraction of sp³-hybridized carbons (Fsp3) is 0.273. The maximum absolute atomic E-state index is 4.39. The van der Waals surface area contributed by atoms with E-state index in [4.69, 9.17) is 0 Å². The van der Waals surface area contributed by atoms with Gasteiger partial charge in [0.05, 0.1) is 0 Å². The fourth-order valence-electron chi connectivity index (χ4n) is 1.58. The standard InChI is InChI=1S/C11H13NS/c1-9(13)8-12-7-6-10-4-2-3-5-11(10)12/h2-7,9,13H,8H2,1H3. The smallest absolute Gasteiger partial charge is 0.0480 e. The zero-order valence-electron chi connectivity index (χ0n) is 7.64. The molecule has 13 heavy (non-hydrogen) atoms. The molecule has 2 heteroatoms. The molecule has 1 unspecified atom stereocenters. The molecule has 0 fully saturated rings. The Morgan fingerprint density at radius 1 is 1.31 bits per heavy atom. The monoisotopic (exact) mass is 191 g/mol. The van der Waals surface area contributed by atoms with E-state index in [-0.39, 0.29) is 0 Å². The van der Waals surface area contributed by atoms with Crippen molar-refractivity contribution < 1.29 is 0 Å². The molecule has 0 aliphatic heterocycles. The molecule has 1 atom stereocenters. The van der Waals surface area contributed by atoms with Crippen molar-refractivity contribution in [1.29, 1.82) is 0 Å². The summed E-state index contributed by atoms with van der Waals surface area (Å²) in [7, 11) is 0. The van der Waals surface area contributed by atoms with E-state index in [1.54, 1.807) is 0 Å². The maximum atomic E-state index is 4.39. The van der Waals surface area contributed by atoms with Gasteiger partial charge < -0.3 is 4.57 Å². The Bertz CT molecular complexity index is 403. The minimum absolute atomic E-state index is 0.399. The van der Waals surface area contributed by atoms with Gasteiger partial charge in [-0.1, -0.05) is 25.1 Å². The molecule has 68 valence electrons. The largest absolute Gasteiger partial charge is 0.346 e. The predicted molar refractivity (Wildman–Crippen MR) is 60.4 cm³/mol. The number of rotatable bonds is 2. The molecule has 0 aliphatic rings. The van der Waals surface area contributed by atoms with Gasteiger partial charge in [0.25, 0.3) is 0 Å². The molecule has 1 aromatic carbocycles. The van der Waals surface area contributed by atoms with Crippen LogP contribution in [0.5, 0.6) is 0 Å². The lowest BCUT2D eigenvalue weighted by molar-refractivity contribution is 0.721. The first-order valence-corrected chi connectivity index (χ1v) is 5.01. The third-order valence-corrected chi connectivity index (χ3v) is 2.30. The molecule has 0 aliphatic carbocycles. The van der Waals surface area contributed by atoms with E-state index >= 15 is 0 Å². The van der Waals surface area contributed by atoms with Crippen LogP contribution in [-0.4, -0.2) is 9.82 Å². The Morgan fingerprint density at radius 3 is 2.85 bits per heavy atom. The molecule has 2 aromatic rings. The van der Waals surface area contributed by atoms with E-state index in [1.165, 1.54) is 10.9 Å². The molecule has 0 saturated heterocycles. The number of hydrogen-bond donors (Lipinski definition) is 1. The van der Waals surface area contributed by atoms with Crippen molar-refractivity contribution in [1.82, 2.24) is 4.57 Å². The van der Waals surface area contributed by atoms with Gasteiger partial charge in [0.1, 0.15) is 0 Å². The molecule has 0 N–H and O–H groups in total. The van der Waals surface area contributed by atoms with Crippen LogP contribution in [0.25, 0.3) is 10.9 Å². The minimum atomic E-state index is 0.399. The van der Waals surface area contributed by atoms with Crippen molar-refractivity contribution in [3.05, 3.63) is 36.5 Å². The molecule has 2 rings (SSSR count). The summed E-state index contributed by atoms with van der Waals surface area (Å²) in [6.45, 7) is 3.08. The number of nitrogens with zero attached hydrogens (tertiary/aromatic N) is 1. The van der Waals surface area contributed by atoms with Gasteiger partial charge >= 0.3 is 0 Å². The first kappa shape index (κ1) is 8.70. The Labute approximate surface area is 83.8 Å². The average Bonchev–Trinajstić information content (AvgIpc) is 2.48. The van der Waals surface area contributed by atoms with E-state index in [1.807, 2.05) is 0 Å². The highest BCUT2D eigenvalue weighted by atomic mass is 32.1. The number of para-hydroxylation sites is 1. The zero-order chi connectivity index (χ0) is 9.26. The second kappa shape index (κ2) is 3.46. The number of thiol groups is 1. The van der Waals surface area contributed by atoms with Crippen LogP contribution < -0.4 is 0 Å². The van der Waals surface area contributed by atoms with Gasteiger partial charge in [0.2, 0.25) is 0 Å². The molecule has 0 amide bonds. The second-order valence-corrected chi connectivity index (χ2v) is 4.26. The van der Waals surface area contributed by atoms with E-state index in [0.29, 0.717) is 5.25 Å². The topological polar surface area (TPSA) is 4.93 Å². The highest BCUT2D eigenvalue weighted by Crippen LogP contribution is 2.15. The fourth-order valence-corrected chi connectivity index (χ4v) is 1.76. The lowest BCUT2D eigenvalue weighted by atomic mass is 10.2. The molecule has 0 radical (unpaired) electrons. The first-order chi connectivity index (χ1) is 6.27. The number of benzene rings is 1. The molecule has 1 heterocycles. The minimum Gasteiger partial charge on any atom is -0.346 e. The first-order valence-electron chi connectivity index (χ1n) is 4.49. The van der Waals surface area contributed by atoms with Crippen LogP contribution in [0.4, 0.5) is 0 Å². The van der Waals surface area contributed by atoms with Gasteiger partial charge in [-0.15, -0.1) is 0 Å². The summed E-state index contributed by atoms with van der Waals surface area (Å²) in [5, 5.41) is 1.70. The summed E-state index contributed by atoms with van der Waals surface area (Å²) in [6, 6.07) is 10.6. The van der Waals surface area contributed by atoms with Crippen molar-refractivity contribution in [2.75, 3.05) is 0 Å². The van der Waals surface area contributed by atoms with Crippen molar-refractivity contribution >= 4 is 23.5 Å². The lowest BCUT2D eigenvalue weighted by Crippen LogP contribution is -2.04. The lowest BCUT2D eigenvalue weighted by Gasteiger charge is -2.07. The van der Waals surface area contributed by atoms with E-state index in [9.17, 15) is 0 Å². The van der Waals surface area contributed by atoms with Crippen LogP contribution in [0.3, 0.4) is 0 Å². The van der Waals surface area contributed by atoms with Crippen LogP contribution in [0.1, 0.15) is 6.92 Å². The number of fused-ring (bicyclic) bond motifs is 1. The summed E-state index contributed by atoms with van der Waals surface area (Å²) in [5.41, 5.74) is 1.29. The third-order valence-electron chi connectivity index (χ3n) is 2.14. The van der Waals surface area contributed by atoms with Gasteiger partial charge in [-0.3, -0.25) is 0 Å². The van der Waals surface area contributed by atoms with Gasteiger partial charge in [-0.25, -0.2) is 0 Å². The molecular weight excluding hydrogens is 178 g/mol. The van der Waals surface area contributed by atoms with Crippen LogP contribution in [0.15, 0.2) is 36.5 Å². The summed E-state index contributed by atoms with van der Waals surface area (Å²) in [5.74, 6) is 0. The highest BCUT2D eigenvalue weighted by Gasteiger charge is 2.01. The summed E-state index contributed by atoms with van der Waals surface area (Å²) >= 11 is 4.39. The van der Waals surface area contributed by atoms with Crippen LogP contribution >= 0.6 is 12.6 Å². The summed E-state index contributed by atoms with van der Waals surface area (Å²) in [4.78, 5) is 0. The van der Waals surface area contributed by atoms with Gasteiger partial charge in [-0.05, 0) is 17.5 Å². The van der Waals surface area contributed by atoms with Crippen LogP contribution in [0.2, 0.25) is 0 Å². The van der Waals surface area contributed by atoms with E-state index < -0.39 is 0 Å². The second-order valence-electron chi connectivity index (χ2n) is 3.38. The molecule has 1 nitrogen and oxygen atoms in total. The Hall–Kier alpha value is -0.890. The molecule has 0 spiro atoms. The molecule has 0 bridgehead atoms.